The van der Waals surface area contributed by atoms with Gasteiger partial charge >= 0.3 is 0 Å². The number of likely N-dealkylation sites (tertiary alicyclic amines) is 1. The van der Waals surface area contributed by atoms with E-state index in [1.54, 1.807) is 0 Å². The van der Waals surface area contributed by atoms with E-state index >= 15 is 0 Å². The molecule has 2 rings (SSSR count). The third-order valence-electron chi connectivity index (χ3n) is 5.29. The van der Waals surface area contributed by atoms with Gasteiger partial charge in [0, 0.05) is 18.6 Å². The van der Waals surface area contributed by atoms with E-state index in [1.165, 1.54) is 58.2 Å². The van der Waals surface area contributed by atoms with Crippen molar-refractivity contribution in [1.82, 2.24) is 9.80 Å². The molecule has 0 aromatic heterocycles. The zero-order valence-electron chi connectivity index (χ0n) is 12.3. The molecule has 0 bridgehead atoms. The maximum Gasteiger partial charge on any atom is 0.0246 e. The van der Waals surface area contributed by atoms with E-state index in [0.29, 0.717) is 6.04 Å². The normalized spacial score (nSPS) is 26.0. The van der Waals surface area contributed by atoms with Gasteiger partial charge in [-0.15, -0.1) is 0 Å². The second kappa shape index (κ2) is 6.88. The van der Waals surface area contributed by atoms with Crippen molar-refractivity contribution < 1.29 is 0 Å². The zero-order chi connectivity index (χ0) is 13.0. The topological polar surface area (TPSA) is 32.5 Å². The number of piperidine rings is 1. The molecule has 1 heterocycles. The SMILES string of the molecule is CCN1CCC(N(C)C(CN)C2CCCC2)CC1. The third-order valence-corrected chi connectivity index (χ3v) is 5.29. The Balaban J connectivity index is 1.86. The zero-order valence-corrected chi connectivity index (χ0v) is 12.3. The van der Waals surface area contributed by atoms with Crippen molar-refractivity contribution in [1.29, 1.82) is 0 Å². The summed E-state index contributed by atoms with van der Waals surface area (Å²) in [6, 6.07) is 1.40. The molecule has 2 fully saturated rings. The molecule has 2 aliphatic rings. The van der Waals surface area contributed by atoms with E-state index in [0.717, 1.165) is 18.5 Å². The second-order valence-electron chi connectivity index (χ2n) is 6.18. The lowest BCUT2D eigenvalue weighted by atomic mass is 9.93. The van der Waals surface area contributed by atoms with Gasteiger partial charge in [-0.05, 0) is 58.3 Å². The molecule has 0 amide bonds. The van der Waals surface area contributed by atoms with Crippen LogP contribution in [0.3, 0.4) is 0 Å². The first kappa shape index (κ1) is 14.3. The Morgan fingerprint density at radius 3 is 2.28 bits per heavy atom. The van der Waals surface area contributed by atoms with Crippen LogP contribution in [0.2, 0.25) is 0 Å². The molecule has 0 aromatic rings. The molecule has 1 aliphatic carbocycles. The van der Waals surface area contributed by atoms with E-state index in [4.69, 9.17) is 5.73 Å². The lowest BCUT2D eigenvalue weighted by molar-refractivity contribution is 0.0767. The fourth-order valence-electron chi connectivity index (χ4n) is 3.95. The molecule has 18 heavy (non-hydrogen) atoms. The fourth-order valence-corrected chi connectivity index (χ4v) is 3.95. The van der Waals surface area contributed by atoms with Gasteiger partial charge in [0.1, 0.15) is 0 Å². The molecule has 3 nitrogen and oxygen atoms in total. The highest BCUT2D eigenvalue weighted by atomic mass is 15.2. The van der Waals surface area contributed by atoms with E-state index in [2.05, 4.69) is 23.8 Å². The lowest BCUT2D eigenvalue weighted by Gasteiger charge is -2.41. The van der Waals surface area contributed by atoms with Gasteiger partial charge in [-0.1, -0.05) is 19.8 Å². The second-order valence-corrected chi connectivity index (χ2v) is 6.18. The summed E-state index contributed by atoms with van der Waals surface area (Å²) in [5.74, 6) is 0.865. The minimum absolute atomic E-state index is 0.630. The smallest absolute Gasteiger partial charge is 0.0246 e. The predicted molar refractivity (Wildman–Crippen MR) is 77.7 cm³/mol. The van der Waals surface area contributed by atoms with Crippen LogP contribution in [-0.2, 0) is 0 Å². The first-order valence-corrected chi connectivity index (χ1v) is 7.90. The van der Waals surface area contributed by atoms with Crippen molar-refractivity contribution in [2.75, 3.05) is 33.2 Å². The van der Waals surface area contributed by atoms with Crippen LogP contribution in [0.15, 0.2) is 0 Å². The molecule has 1 aliphatic heterocycles. The molecule has 1 atom stereocenters. The molecule has 0 aromatic carbocycles. The summed E-state index contributed by atoms with van der Waals surface area (Å²) >= 11 is 0. The largest absolute Gasteiger partial charge is 0.329 e. The Kier molecular flexibility index (Phi) is 5.46. The van der Waals surface area contributed by atoms with E-state index in [9.17, 15) is 0 Å². The van der Waals surface area contributed by atoms with Crippen molar-refractivity contribution >= 4 is 0 Å². The van der Waals surface area contributed by atoms with Gasteiger partial charge in [-0.25, -0.2) is 0 Å². The fraction of sp³-hybridized carbons (Fsp3) is 1.00. The standard InChI is InChI=1S/C15H31N3/c1-3-18-10-8-14(9-11-18)17(2)15(12-16)13-6-4-5-7-13/h13-15H,3-12,16H2,1-2H3. The van der Waals surface area contributed by atoms with Crippen molar-refractivity contribution in [3.8, 4) is 0 Å². The van der Waals surface area contributed by atoms with Gasteiger partial charge < -0.3 is 10.6 Å². The summed E-state index contributed by atoms with van der Waals surface area (Å²) in [5, 5.41) is 0. The molecule has 0 radical (unpaired) electrons. The summed E-state index contributed by atoms with van der Waals surface area (Å²) in [5.41, 5.74) is 6.06. The number of nitrogens with zero attached hydrogens (tertiary/aromatic N) is 2. The molecule has 1 saturated heterocycles. The lowest BCUT2D eigenvalue weighted by Crippen LogP contribution is -2.51. The highest BCUT2D eigenvalue weighted by Crippen LogP contribution is 2.31. The number of likely N-dealkylation sites (N-methyl/N-ethyl adjacent to an activating group) is 1. The van der Waals surface area contributed by atoms with Gasteiger partial charge in [0.25, 0.3) is 0 Å². The molecule has 3 heteroatoms. The third kappa shape index (κ3) is 3.25. The van der Waals surface area contributed by atoms with E-state index in [1.807, 2.05) is 0 Å². The summed E-state index contributed by atoms with van der Waals surface area (Å²) < 4.78 is 0. The van der Waals surface area contributed by atoms with Crippen LogP contribution in [0.4, 0.5) is 0 Å². The van der Waals surface area contributed by atoms with E-state index in [-0.39, 0.29) is 0 Å². The first-order valence-electron chi connectivity index (χ1n) is 7.90. The highest BCUT2D eigenvalue weighted by molar-refractivity contribution is 4.87. The molecule has 2 N–H and O–H groups in total. The minimum atomic E-state index is 0.630. The Morgan fingerprint density at radius 1 is 1.17 bits per heavy atom. The van der Waals surface area contributed by atoms with Crippen LogP contribution in [-0.4, -0.2) is 55.1 Å². The van der Waals surface area contributed by atoms with Gasteiger partial charge in [0.05, 0.1) is 0 Å². The molecule has 0 spiro atoms. The number of hydrogen-bond acceptors (Lipinski definition) is 3. The molecular weight excluding hydrogens is 222 g/mol. The van der Waals surface area contributed by atoms with Crippen molar-refractivity contribution in [2.45, 2.75) is 57.5 Å². The van der Waals surface area contributed by atoms with Crippen LogP contribution in [0, 0.1) is 5.92 Å². The van der Waals surface area contributed by atoms with Gasteiger partial charge in [-0.3, -0.25) is 4.90 Å². The maximum absolute atomic E-state index is 6.06. The number of hydrogen-bond donors (Lipinski definition) is 1. The molecule has 106 valence electrons. The minimum Gasteiger partial charge on any atom is -0.329 e. The monoisotopic (exact) mass is 253 g/mol. The Labute approximate surface area is 113 Å². The Hall–Kier alpha value is -0.120. The quantitative estimate of drug-likeness (QED) is 0.812. The van der Waals surface area contributed by atoms with E-state index < -0.39 is 0 Å². The molecule has 1 unspecified atom stereocenters. The Morgan fingerprint density at radius 2 is 1.78 bits per heavy atom. The van der Waals surface area contributed by atoms with Crippen LogP contribution in [0.25, 0.3) is 0 Å². The first-order chi connectivity index (χ1) is 8.76. The molecular formula is C15H31N3. The van der Waals surface area contributed by atoms with Gasteiger partial charge in [0.2, 0.25) is 0 Å². The van der Waals surface area contributed by atoms with Crippen LogP contribution in [0.1, 0.15) is 45.4 Å². The average Bonchev–Trinajstić information content (AvgIpc) is 2.93. The van der Waals surface area contributed by atoms with Gasteiger partial charge in [0.15, 0.2) is 0 Å². The highest BCUT2D eigenvalue weighted by Gasteiger charge is 2.31. The number of nitrogens with two attached hydrogens (primary N) is 1. The average molecular weight is 253 g/mol. The van der Waals surface area contributed by atoms with Crippen molar-refractivity contribution in [3.63, 3.8) is 0 Å². The predicted octanol–water partition coefficient (Wildman–Crippen LogP) is 1.92. The van der Waals surface area contributed by atoms with Crippen LogP contribution >= 0.6 is 0 Å². The maximum atomic E-state index is 6.06. The van der Waals surface area contributed by atoms with Crippen molar-refractivity contribution in [2.24, 2.45) is 11.7 Å². The van der Waals surface area contributed by atoms with Crippen LogP contribution < -0.4 is 5.73 Å². The summed E-state index contributed by atoms with van der Waals surface area (Å²) in [6.45, 7) is 6.86. The summed E-state index contributed by atoms with van der Waals surface area (Å²) in [7, 11) is 2.32. The van der Waals surface area contributed by atoms with Crippen molar-refractivity contribution in [3.05, 3.63) is 0 Å². The van der Waals surface area contributed by atoms with Crippen LogP contribution in [0.5, 0.6) is 0 Å². The molecule has 1 saturated carbocycles. The summed E-state index contributed by atoms with van der Waals surface area (Å²) in [4.78, 5) is 5.19. The number of rotatable bonds is 5. The van der Waals surface area contributed by atoms with Gasteiger partial charge in [-0.2, -0.15) is 0 Å². The Bertz CT molecular complexity index is 230. The summed E-state index contributed by atoms with van der Waals surface area (Å²) in [6.07, 6.45) is 8.30.